The minimum absolute atomic E-state index is 0.471. The molecule has 0 atom stereocenters. The molecule has 1 saturated heterocycles. The van der Waals surface area contributed by atoms with E-state index in [-0.39, 0.29) is 0 Å². The maximum atomic E-state index is 5.48. The van der Waals surface area contributed by atoms with Gasteiger partial charge in [0.2, 0.25) is 0 Å². The van der Waals surface area contributed by atoms with E-state index in [9.17, 15) is 0 Å². The summed E-state index contributed by atoms with van der Waals surface area (Å²) in [5, 5.41) is 4.74. The first kappa shape index (κ1) is 18.2. The summed E-state index contributed by atoms with van der Waals surface area (Å²) in [6.07, 6.45) is 10.1. The van der Waals surface area contributed by atoms with E-state index in [1.54, 1.807) is 19.7 Å². The predicted molar refractivity (Wildman–Crippen MR) is 108 cm³/mol. The third kappa shape index (κ3) is 4.39. The molecule has 2 aliphatic rings. The van der Waals surface area contributed by atoms with Crippen molar-refractivity contribution in [1.29, 1.82) is 0 Å². The molecule has 4 rings (SSSR count). The van der Waals surface area contributed by atoms with Crippen LogP contribution in [0.3, 0.4) is 0 Å². The van der Waals surface area contributed by atoms with Gasteiger partial charge in [0.05, 0.1) is 32.1 Å². The van der Waals surface area contributed by atoms with Crippen molar-refractivity contribution in [2.24, 2.45) is 0 Å². The van der Waals surface area contributed by atoms with Gasteiger partial charge in [-0.05, 0) is 49.5 Å². The van der Waals surface area contributed by atoms with Gasteiger partial charge in [-0.1, -0.05) is 6.07 Å². The second-order valence-corrected chi connectivity index (χ2v) is 7.34. The van der Waals surface area contributed by atoms with E-state index in [1.807, 2.05) is 18.2 Å². The average Bonchev–Trinajstić information content (AvgIpc) is 2.74. The number of rotatable bonds is 5. The topological polar surface area (TPSA) is 59.5 Å². The largest absolute Gasteiger partial charge is 0.504 e. The van der Waals surface area contributed by atoms with Gasteiger partial charge in [-0.2, -0.15) is 0 Å². The van der Waals surface area contributed by atoms with Crippen LogP contribution in [0.1, 0.15) is 31.2 Å². The van der Waals surface area contributed by atoms with Gasteiger partial charge in [-0.15, -0.1) is 0 Å². The van der Waals surface area contributed by atoms with E-state index in [0.717, 1.165) is 48.6 Å². The summed E-state index contributed by atoms with van der Waals surface area (Å²) in [6.45, 7) is 3.92. The lowest BCUT2D eigenvalue weighted by Gasteiger charge is -2.39. The molecule has 0 bridgehead atoms. The molecule has 1 aliphatic carbocycles. The van der Waals surface area contributed by atoms with Gasteiger partial charge in [-0.3, -0.25) is 4.90 Å². The zero-order chi connectivity index (χ0) is 18.5. The van der Waals surface area contributed by atoms with Crippen molar-refractivity contribution in [3.63, 3.8) is 0 Å². The number of aromatic nitrogens is 2. The van der Waals surface area contributed by atoms with Crippen LogP contribution in [0.4, 0.5) is 5.82 Å². The highest BCUT2D eigenvalue weighted by molar-refractivity contribution is 5.90. The fourth-order valence-corrected chi connectivity index (χ4v) is 4.16. The number of nitrogens with one attached hydrogen (secondary N) is 1. The van der Waals surface area contributed by atoms with Crippen LogP contribution in [0.25, 0.3) is 17.0 Å². The lowest BCUT2D eigenvalue weighted by Crippen LogP contribution is -2.46. The van der Waals surface area contributed by atoms with E-state index < -0.39 is 0 Å². The molecule has 6 nitrogen and oxygen atoms in total. The number of hydrogen-bond donors (Lipinski definition) is 1. The second kappa shape index (κ2) is 8.67. The number of hydrogen-bond acceptors (Lipinski definition) is 6. The fraction of sp³-hybridized carbons (Fsp3) is 0.524. The highest BCUT2D eigenvalue weighted by Gasteiger charge is 2.27. The molecule has 0 amide bonds. The molecule has 27 heavy (non-hydrogen) atoms. The summed E-state index contributed by atoms with van der Waals surface area (Å²) < 4.78 is 10.5. The number of benzene rings is 1. The summed E-state index contributed by atoms with van der Waals surface area (Å²) in [6, 6.07) is 7.38. The molecule has 1 aromatic carbocycles. The SMILES string of the molecule is CO/C=C/c1ccc2ncnc(N[C@H]3CC[C@H](N4CCOCC4)CC3)c2c1. The van der Waals surface area contributed by atoms with Crippen molar-refractivity contribution in [2.75, 3.05) is 38.7 Å². The van der Waals surface area contributed by atoms with Gasteiger partial charge in [0.1, 0.15) is 12.1 Å². The number of fused-ring (bicyclic) bond motifs is 1. The molecule has 0 unspecified atom stereocenters. The lowest BCUT2D eigenvalue weighted by atomic mass is 9.90. The standard InChI is InChI=1S/C21H28N4O2/c1-26-11-8-16-2-7-20-19(14-16)21(23-15-22-20)24-17-3-5-18(6-4-17)25-9-12-27-13-10-25/h2,7-8,11,14-15,17-18H,3-6,9-10,12-13H2,1H3,(H,22,23,24)/b11-8+/t17-,18-. The monoisotopic (exact) mass is 368 g/mol. The van der Waals surface area contributed by atoms with Crippen molar-refractivity contribution in [3.05, 3.63) is 36.4 Å². The summed E-state index contributed by atoms with van der Waals surface area (Å²) >= 11 is 0. The van der Waals surface area contributed by atoms with Crippen molar-refractivity contribution in [1.82, 2.24) is 14.9 Å². The Labute approximate surface area is 160 Å². The Morgan fingerprint density at radius 3 is 2.74 bits per heavy atom. The highest BCUT2D eigenvalue weighted by Crippen LogP contribution is 2.28. The minimum Gasteiger partial charge on any atom is -0.504 e. The zero-order valence-electron chi connectivity index (χ0n) is 15.9. The van der Waals surface area contributed by atoms with Crippen LogP contribution < -0.4 is 5.32 Å². The summed E-state index contributed by atoms with van der Waals surface area (Å²) in [4.78, 5) is 11.5. The molecule has 0 radical (unpaired) electrons. The number of nitrogens with zero attached hydrogens (tertiary/aromatic N) is 3. The van der Waals surface area contributed by atoms with Crippen LogP contribution in [0.15, 0.2) is 30.8 Å². The molecule has 2 aromatic rings. The van der Waals surface area contributed by atoms with Crippen LogP contribution in [0.5, 0.6) is 0 Å². The van der Waals surface area contributed by atoms with E-state index in [0.29, 0.717) is 12.1 Å². The molecule has 144 valence electrons. The Morgan fingerprint density at radius 2 is 1.96 bits per heavy atom. The molecular formula is C21H28N4O2. The van der Waals surface area contributed by atoms with Crippen molar-refractivity contribution in [2.45, 2.75) is 37.8 Å². The molecular weight excluding hydrogens is 340 g/mol. The molecule has 1 N–H and O–H groups in total. The third-order valence-corrected chi connectivity index (χ3v) is 5.66. The molecule has 1 saturated carbocycles. The fourth-order valence-electron chi connectivity index (χ4n) is 4.16. The van der Waals surface area contributed by atoms with Gasteiger partial charge >= 0.3 is 0 Å². The Bertz CT molecular complexity index is 781. The first-order valence-corrected chi connectivity index (χ1v) is 9.86. The minimum atomic E-state index is 0.471. The lowest BCUT2D eigenvalue weighted by molar-refractivity contribution is 0.00791. The van der Waals surface area contributed by atoms with Crippen LogP contribution in [-0.2, 0) is 9.47 Å². The Kier molecular flexibility index (Phi) is 5.84. The van der Waals surface area contributed by atoms with Crippen molar-refractivity contribution >= 4 is 22.8 Å². The zero-order valence-corrected chi connectivity index (χ0v) is 15.9. The number of morpholine rings is 1. The average molecular weight is 368 g/mol. The number of methoxy groups -OCH3 is 1. The van der Waals surface area contributed by atoms with Crippen LogP contribution in [0, 0.1) is 0 Å². The Balaban J connectivity index is 1.43. The first-order chi connectivity index (χ1) is 13.3. The maximum Gasteiger partial charge on any atom is 0.137 e. The van der Waals surface area contributed by atoms with Crippen LogP contribution in [0.2, 0.25) is 0 Å². The summed E-state index contributed by atoms with van der Waals surface area (Å²) in [7, 11) is 1.65. The molecule has 1 aromatic heterocycles. The summed E-state index contributed by atoms with van der Waals surface area (Å²) in [5.74, 6) is 0.933. The molecule has 0 spiro atoms. The highest BCUT2D eigenvalue weighted by atomic mass is 16.5. The number of ether oxygens (including phenoxy) is 2. The predicted octanol–water partition coefficient (Wildman–Crippen LogP) is 3.30. The van der Waals surface area contributed by atoms with Gasteiger partial charge in [0, 0.05) is 30.6 Å². The van der Waals surface area contributed by atoms with E-state index in [4.69, 9.17) is 9.47 Å². The van der Waals surface area contributed by atoms with Gasteiger partial charge in [0.15, 0.2) is 0 Å². The van der Waals surface area contributed by atoms with Crippen LogP contribution in [-0.4, -0.2) is 60.4 Å². The second-order valence-electron chi connectivity index (χ2n) is 7.34. The quantitative estimate of drug-likeness (QED) is 0.817. The molecule has 2 fully saturated rings. The van der Waals surface area contributed by atoms with E-state index in [2.05, 4.69) is 26.3 Å². The Morgan fingerprint density at radius 1 is 1.15 bits per heavy atom. The number of anilines is 1. The van der Waals surface area contributed by atoms with Crippen molar-refractivity contribution in [3.8, 4) is 0 Å². The molecule has 2 heterocycles. The van der Waals surface area contributed by atoms with Gasteiger partial charge in [0.25, 0.3) is 0 Å². The van der Waals surface area contributed by atoms with E-state index >= 15 is 0 Å². The van der Waals surface area contributed by atoms with E-state index in [1.165, 1.54) is 25.7 Å². The smallest absolute Gasteiger partial charge is 0.137 e. The van der Waals surface area contributed by atoms with Gasteiger partial charge in [-0.25, -0.2) is 9.97 Å². The van der Waals surface area contributed by atoms with Gasteiger partial charge < -0.3 is 14.8 Å². The van der Waals surface area contributed by atoms with Crippen LogP contribution >= 0.6 is 0 Å². The third-order valence-electron chi connectivity index (χ3n) is 5.66. The Hall–Kier alpha value is -2.18. The molecule has 1 aliphatic heterocycles. The van der Waals surface area contributed by atoms with Crippen molar-refractivity contribution < 1.29 is 9.47 Å². The molecule has 6 heteroatoms. The summed E-state index contributed by atoms with van der Waals surface area (Å²) in [5.41, 5.74) is 2.04. The maximum absolute atomic E-state index is 5.48. The normalized spacial score (nSPS) is 24.3. The first-order valence-electron chi connectivity index (χ1n) is 9.86.